The van der Waals surface area contributed by atoms with E-state index in [1.165, 1.54) is 0 Å². The first-order valence-corrected chi connectivity index (χ1v) is 10.1. The van der Waals surface area contributed by atoms with Crippen LogP contribution in [0.4, 0.5) is 11.5 Å². The summed E-state index contributed by atoms with van der Waals surface area (Å²) in [5.74, 6) is 0.577. The fraction of sp³-hybridized carbons (Fsp3) is 0.217. The number of halogens is 1. The molecule has 0 radical (unpaired) electrons. The van der Waals surface area contributed by atoms with Gasteiger partial charge in [-0.2, -0.15) is 0 Å². The van der Waals surface area contributed by atoms with Crippen molar-refractivity contribution in [1.82, 2.24) is 4.98 Å². The third-order valence-electron chi connectivity index (χ3n) is 5.10. The monoisotopic (exact) mass is 423 g/mol. The molecular formula is C23H22ClN3O3. The molecule has 0 unspecified atom stereocenters. The quantitative estimate of drug-likeness (QED) is 0.580. The minimum absolute atomic E-state index is 0.0678. The molecule has 0 spiro atoms. The van der Waals surface area contributed by atoms with Crippen molar-refractivity contribution < 1.29 is 14.6 Å². The molecule has 0 bridgehead atoms. The smallest absolute Gasteiger partial charge is 0.335 e. The van der Waals surface area contributed by atoms with E-state index in [4.69, 9.17) is 21.4 Å². The fourth-order valence-electron chi connectivity index (χ4n) is 3.56. The van der Waals surface area contributed by atoms with Crippen molar-refractivity contribution in [2.45, 2.75) is 19.5 Å². The predicted octanol–water partition coefficient (Wildman–Crippen LogP) is 5.01. The first-order chi connectivity index (χ1) is 14.5. The molecule has 1 aliphatic heterocycles. The number of fused-ring (bicyclic) bond motifs is 1. The number of nitrogens with zero attached hydrogens (tertiary/aromatic N) is 2. The summed E-state index contributed by atoms with van der Waals surface area (Å²) < 4.78 is 5.87. The highest BCUT2D eigenvalue weighted by Crippen LogP contribution is 2.39. The van der Waals surface area contributed by atoms with Crippen LogP contribution in [0, 0.1) is 0 Å². The van der Waals surface area contributed by atoms with Crippen molar-refractivity contribution in [3.63, 3.8) is 0 Å². The van der Waals surface area contributed by atoms with E-state index < -0.39 is 5.97 Å². The molecule has 2 aromatic carbocycles. The Morgan fingerprint density at radius 3 is 2.80 bits per heavy atom. The minimum atomic E-state index is -0.935. The van der Waals surface area contributed by atoms with Crippen LogP contribution in [-0.4, -0.2) is 29.2 Å². The lowest BCUT2D eigenvalue weighted by Crippen LogP contribution is -2.33. The lowest BCUT2D eigenvalue weighted by Gasteiger charge is -2.33. The number of aromatic carboxylic acids is 1. The van der Waals surface area contributed by atoms with Crippen molar-refractivity contribution in [3.05, 3.63) is 82.5 Å². The summed E-state index contributed by atoms with van der Waals surface area (Å²) in [5.41, 5.74) is 3.26. The van der Waals surface area contributed by atoms with Gasteiger partial charge >= 0.3 is 5.97 Å². The van der Waals surface area contributed by atoms with Gasteiger partial charge in [0.2, 0.25) is 0 Å². The van der Waals surface area contributed by atoms with Gasteiger partial charge in [0.05, 0.1) is 18.2 Å². The number of carboxylic acids is 1. The van der Waals surface area contributed by atoms with Crippen LogP contribution < -0.4 is 15.0 Å². The van der Waals surface area contributed by atoms with E-state index >= 15 is 0 Å². The van der Waals surface area contributed by atoms with Gasteiger partial charge in [-0.25, -0.2) is 9.78 Å². The second-order valence-corrected chi connectivity index (χ2v) is 7.64. The molecule has 0 saturated carbocycles. The SMILES string of the molecule is C[C@@H](Nc1nccc2c1N(Cc1cccc(Cl)c1)CCO2)c1ccc(C(=O)O)cc1. The summed E-state index contributed by atoms with van der Waals surface area (Å²) in [6.07, 6.45) is 1.73. The summed E-state index contributed by atoms with van der Waals surface area (Å²) in [6, 6.07) is 16.5. The van der Waals surface area contributed by atoms with Crippen molar-refractivity contribution in [1.29, 1.82) is 0 Å². The molecule has 1 atom stereocenters. The third kappa shape index (κ3) is 4.33. The molecule has 7 heteroatoms. The van der Waals surface area contributed by atoms with Gasteiger partial charge in [0.15, 0.2) is 5.82 Å². The van der Waals surface area contributed by atoms with Crippen molar-refractivity contribution >= 4 is 29.1 Å². The van der Waals surface area contributed by atoms with Gasteiger partial charge in [0.1, 0.15) is 18.0 Å². The molecule has 2 N–H and O–H groups in total. The van der Waals surface area contributed by atoms with Crippen molar-refractivity contribution in [3.8, 4) is 5.75 Å². The number of hydrogen-bond donors (Lipinski definition) is 2. The highest BCUT2D eigenvalue weighted by Gasteiger charge is 2.24. The maximum atomic E-state index is 11.1. The second-order valence-electron chi connectivity index (χ2n) is 7.20. The highest BCUT2D eigenvalue weighted by atomic mass is 35.5. The number of anilines is 2. The molecule has 1 aliphatic rings. The lowest BCUT2D eigenvalue weighted by atomic mass is 10.1. The molecule has 3 aromatic rings. The summed E-state index contributed by atoms with van der Waals surface area (Å²) >= 11 is 6.16. The van der Waals surface area contributed by atoms with Crippen LogP contribution in [-0.2, 0) is 6.54 Å². The predicted molar refractivity (Wildman–Crippen MR) is 118 cm³/mol. The van der Waals surface area contributed by atoms with Crippen LogP contribution in [0.25, 0.3) is 0 Å². The average molecular weight is 424 g/mol. The van der Waals surface area contributed by atoms with Gasteiger partial charge in [-0.3, -0.25) is 0 Å². The molecule has 0 aliphatic carbocycles. The van der Waals surface area contributed by atoms with E-state index in [1.807, 2.05) is 43.3 Å². The largest absolute Gasteiger partial charge is 0.489 e. The Bertz CT molecular complexity index is 1060. The molecule has 30 heavy (non-hydrogen) atoms. The molecule has 2 heterocycles. The standard InChI is InChI=1S/C23H22ClN3O3/c1-15(17-5-7-18(8-6-17)23(28)29)26-22-21-20(9-10-25-22)30-12-11-27(21)14-16-3-2-4-19(24)13-16/h2-10,13,15H,11-12,14H2,1H3,(H,25,26)(H,28,29)/t15-/m1/s1. The minimum Gasteiger partial charge on any atom is -0.489 e. The van der Waals surface area contributed by atoms with E-state index in [2.05, 4.69) is 21.3 Å². The Morgan fingerprint density at radius 1 is 1.27 bits per heavy atom. The zero-order chi connectivity index (χ0) is 21.1. The summed E-state index contributed by atoms with van der Waals surface area (Å²) in [5, 5.41) is 13.3. The van der Waals surface area contributed by atoms with Gasteiger partial charge in [-0.1, -0.05) is 35.9 Å². The first kappa shape index (κ1) is 20.0. The van der Waals surface area contributed by atoms with Crippen LogP contribution in [0.2, 0.25) is 5.02 Å². The third-order valence-corrected chi connectivity index (χ3v) is 5.33. The number of pyridine rings is 1. The Hall–Kier alpha value is -3.25. The lowest BCUT2D eigenvalue weighted by molar-refractivity contribution is 0.0697. The summed E-state index contributed by atoms with van der Waals surface area (Å²) in [4.78, 5) is 17.9. The Morgan fingerprint density at radius 2 is 2.07 bits per heavy atom. The Balaban J connectivity index is 1.59. The van der Waals surface area contributed by atoms with E-state index in [1.54, 1.807) is 18.3 Å². The number of nitrogens with one attached hydrogen (secondary N) is 1. The summed E-state index contributed by atoms with van der Waals surface area (Å²) in [6.45, 7) is 4.05. The second kappa shape index (κ2) is 8.63. The van der Waals surface area contributed by atoms with Gasteiger partial charge in [0, 0.05) is 23.8 Å². The van der Waals surface area contributed by atoms with E-state index in [9.17, 15) is 4.79 Å². The van der Waals surface area contributed by atoms with Gasteiger partial charge in [-0.05, 0) is 42.3 Å². The maximum absolute atomic E-state index is 11.1. The number of rotatable bonds is 6. The molecule has 0 saturated heterocycles. The number of hydrogen-bond acceptors (Lipinski definition) is 5. The van der Waals surface area contributed by atoms with Crippen molar-refractivity contribution in [2.75, 3.05) is 23.4 Å². The number of benzene rings is 2. The van der Waals surface area contributed by atoms with Crippen LogP contribution in [0.1, 0.15) is 34.5 Å². The number of ether oxygens (including phenoxy) is 1. The normalized spacial score (nSPS) is 13.9. The first-order valence-electron chi connectivity index (χ1n) is 9.72. The van der Waals surface area contributed by atoms with Gasteiger partial charge < -0.3 is 20.1 Å². The van der Waals surface area contributed by atoms with Crippen LogP contribution in [0.5, 0.6) is 5.75 Å². The Kier molecular flexibility index (Phi) is 5.77. The topological polar surface area (TPSA) is 74.7 Å². The van der Waals surface area contributed by atoms with Crippen LogP contribution in [0.15, 0.2) is 60.8 Å². The molecule has 154 valence electrons. The molecular weight excluding hydrogens is 402 g/mol. The number of carbonyl (C=O) groups is 1. The van der Waals surface area contributed by atoms with Crippen LogP contribution >= 0.6 is 11.6 Å². The molecule has 0 fully saturated rings. The zero-order valence-corrected chi connectivity index (χ0v) is 17.3. The van der Waals surface area contributed by atoms with E-state index in [-0.39, 0.29) is 11.6 Å². The average Bonchev–Trinajstić information content (AvgIpc) is 2.74. The molecule has 4 rings (SSSR count). The van der Waals surface area contributed by atoms with Crippen LogP contribution in [0.3, 0.4) is 0 Å². The number of carboxylic acid groups (broad SMARTS) is 1. The van der Waals surface area contributed by atoms with Crippen molar-refractivity contribution in [2.24, 2.45) is 0 Å². The molecule has 1 aromatic heterocycles. The fourth-order valence-corrected chi connectivity index (χ4v) is 3.77. The van der Waals surface area contributed by atoms with Gasteiger partial charge in [-0.15, -0.1) is 0 Å². The molecule has 0 amide bonds. The maximum Gasteiger partial charge on any atom is 0.335 e. The molecule has 6 nitrogen and oxygen atoms in total. The van der Waals surface area contributed by atoms with E-state index in [0.29, 0.717) is 18.2 Å². The highest BCUT2D eigenvalue weighted by molar-refractivity contribution is 6.30. The number of aromatic nitrogens is 1. The van der Waals surface area contributed by atoms with Gasteiger partial charge in [0.25, 0.3) is 0 Å². The van der Waals surface area contributed by atoms with E-state index in [0.717, 1.165) is 34.9 Å². The zero-order valence-electron chi connectivity index (χ0n) is 16.5. The summed E-state index contributed by atoms with van der Waals surface area (Å²) in [7, 11) is 0. The Labute approximate surface area is 180 Å².